The molecule has 0 radical (unpaired) electrons. The first-order valence-corrected chi connectivity index (χ1v) is 10.0. The molecule has 0 bridgehead atoms. The lowest BCUT2D eigenvalue weighted by Gasteiger charge is -2.33. The number of amides is 1. The van der Waals surface area contributed by atoms with Gasteiger partial charge in [-0.15, -0.1) is 0 Å². The smallest absolute Gasteiger partial charge is 0.244 e. The molecule has 150 valence electrons. The number of furan rings is 1. The first-order chi connectivity index (χ1) is 13.6. The second-order valence-corrected chi connectivity index (χ2v) is 7.49. The topological polar surface area (TPSA) is 63.9 Å². The van der Waals surface area contributed by atoms with Crippen molar-refractivity contribution in [1.29, 1.82) is 0 Å². The molecule has 3 rings (SSSR count). The number of carbonyl (C=O) groups excluding carboxylic acids is 1. The van der Waals surface area contributed by atoms with Crippen molar-refractivity contribution in [3.05, 3.63) is 58.0 Å². The van der Waals surface area contributed by atoms with E-state index in [0.717, 1.165) is 34.6 Å². The van der Waals surface area contributed by atoms with Gasteiger partial charge < -0.3 is 19.2 Å². The number of morpholine rings is 1. The third-order valence-corrected chi connectivity index (χ3v) is 5.14. The lowest BCUT2D eigenvalue weighted by molar-refractivity contribution is -0.116. The summed E-state index contributed by atoms with van der Waals surface area (Å²) < 4.78 is 17.5. The van der Waals surface area contributed by atoms with Crippen LogP contribution in [0.4, 0.5) is 0 Å². The highest BCUT2D eigenvalue weighted by molar-refractivity contribution is 9.10. The summed E-state index contributed by atoms with van der Waals surface area (Å²) in [5.41, 5.74) is 0.832. The molecular formula is C21H25BrN2O4. The van der Waals surface area contributed by atoms with Crippen LogP contribution in [0.1, 0.15) is 23.1 Å². The number of carbonyl (C=O) groups is 1. The van der Waals surface area contributed by atoms with Crippen molar-refractivity contribution in [3.8, 4) is 5.75 Å². The lowest BCUT2D eigenvalue weighted by Crippen LogP contribution is -2.43. The number of benzene rings is 1. The van der Waals surface area contributed by atoms with E-state index in [1.54, 1.807) is 13.2 Å². The third-order valence-electron chi connectivity index (χ3n) is 4.65. The van der Waals surface area contributed by atoms with E-state index in [9.17, 15) is 4.79 Å². The summed E-state index contributed by atoms with van der Waals surface area (Å²) in [6.07, 6.45) is 3.27. The van der Waals surface area contributed by atoms with Crippen molar-refractivity contribution in [2.45, 2.75) is 13.0 Å². The van der Waals surface area contributed by atoms with Crippen molar-refractivity contribution >= 4 is 27.9 Å². The van der Waals surface area contributed by atoms with Crippen LogP contribution in [0.15, 0.2) is 45.3 Å². The molecule has 1 fully saturated rings. The third kappa shape index (κ3) is 5.47. The van der Waals surface area contributed by atoms with Crippen molar-refractivity contribution in [2.24, 2.45) is 0 Å². The number of aryl methyl sites for hydroxylation is 1. The first-order valence-electron chi connectivity index (χ1n) is 9.24. The van der Waals surface area contributed by atoms with E-state index >= 15 is 0 Å². The summed E-state index contributed by atoms with van der Waals surface area (Å²) in [6, 6.07) is 9.57. The Kier molecular flexibility index (Phi) is 7.30. The van der Waals surface area contributed by atoms with E-state index in [-0.39, 0.29) is 11.9 Å². The Bertz CT molecular complexity index is 828. The molecule has 1 aromatic heterocycles. The van der Waals surface area contributed by atoms with Crippen LogP contribution in [-0.4, -0.2) is 50.8 Å². The van der Waals surface area contributed by atoms with Gasteiger partial charge in [0, 0.05) is 35.7 Å². The van der Waals surface area contributed by atoms with E-state index in [1.165, 1.54) is 6.08 Å². The zero-order chi connectivity index (χ0) is 19.9. The average Bonchev–Trinajstić information content (AvgIpc) is 3.13. The molecular weight excluding hydrogens is 424 g/mol. The Morgan fingerprint density at radius 2 is 2.11 bits per heavy atom. The van der Waals surface area contributed by atoms with E-state index < -0.39 is 0 Å². The van der Waals surface area contributed by atoms with Gasteiger partial charge in [0.25, 0.3) is 0 Å². The number of nitrogens with zero attached hydrogens (tertiary/aromatic N) is 1. The van der Waals surface area contributed by atoms with Gasteiger partial charge in [0.1, 0.15) is 17.3 Å². The Balaban J connectivity index is 1.65. The summed E-state index contributed by atoms with van der Waals surface area (Å²) in [5.74, 6) is 2.27. The highest BCUT2D eigenvalue weighted by atomic mass is 79.9. The average molecular weight is 449 g/mol. The molecule has 7 heteroatoms. The summed E-state index contributed by atoms with van der Waals surface area (Å²) >= 11 is 3.44. The maximum Gasteiger partial charge on any atom is 0.244 e. The molecule has 28 heavy (non-hydrogen) atoms. The number of rotatable bonds is 7. The predicted octanol–water partition coefficient (Wildman–Crippen LogP) is 3.56. The van der Waals surface area contributed by atoms with Gasteiger partial charge in [0.2, 0.25) is 5.91 Å². The molecule has 2 heterocycles. The van der Waals surface area contributed by atoms with Gasteiger partial charge in [0.05, 0.1) is 26.4 Å². The van der Waals surface area contributed by atoms with Gasteiger partial charge >= 0.3 is 0 Å². The van der Waals surface area contributed by atoms with E-state index in [2.05, 4.69) is 26.1 Å². The zero-order valence-electron chi connectivity index (χ0n) is 16.1. The second kappa shape index (κ2) is 9.91. The Morgan fingerprint density at radius 1 is 1.32 bits per heavy atom. The number of ether oxygens (including phenoxy) is 2. The minimum atomic E-state index is -0.163. The van der Waals surface area contributed by atoms with Crippen LogP contribution in [-0.2, 0) is 9.53 Å². The molecule has 1 amide bonds. The van der Waals surface area contributed by atoms with Gasteiger partial charge in [0.15, 0.2) is 0 Å². The quantitative estimate of drug-likeness (QED) is 0.655. The summed E-state index contributed by atoms with van der Waals surface area (Å²) in [6.45, 7) is 5.38. The normalized spacial score (nSPS) is 16.2. The summed E-state index contributed by atoms with van der Waals surface area (Å²) in [5, 5.41) is 2.99. The fourth-order valence-corrected chi connectivity index (χ4v) is 3.57. The van der Waals surface area contributed by atoms with Crippen LogP contribution in [0, 0.1) is 6.92 Å². The largest absolute Gasteiger partial charge is 0.496 e. The second-order valence-electron chi connectivity index (χ2n) is 6.58. The van der Waals surface area contributed by atoms with Crippen LogP contribution in [0.2, 0.25) is 0 Å². The fourth-order valence-electron chi connectivity index (χ4n) is 3.19. The highest BCUT2D eigenvalue weighted by Crippen LogP contribution is 2.25. The van der Waals surface area contributed by atoms with Gasteiger partial charge in [-0.05, 0) is 43.3 Å². The maximum absolute atomic E-state index is 12.4. The lowest BCUT2D eigenvalue weighted by atomic mass is 10.1. The zero-order valence-corrected chi connectivity index (χ0v) is 17.7. The molecule has 0 saturated carbocycles. The highest BCUT2D eigenvalue weighted by Gasteiger charge is 2.25. The van der Waals surface area contributed by atoms with Crippen LogP contribution in [0.5, 0.6) is 5.75 Å². The van der Waals surface area contributed by atoms with Crippen LogP contribution < -0.4 is 10.1 Å². The van der Waals surface area contributed by atoms with Gasteiger partial charge in [-0.2, -0.15) is 0 Å². The van der Waals surface area contributed by atoms with Crippen LogP contribution in [0.3, 0.4) is 0 Å². The Labute approximate surface area is 173 Å². The van der Waals surface area contributed by atoms with E-state index in [1.807, 2.05) is 37.3 Å². The van der Waals surface area contributed by atoms with Gasteiger partial charge in [-0.25, -0.2) is 0 Å². The number of halogens is 1. The Morgan fingerprint density at radius 3 is 2.79 bits per heavy atom. The molecule has 1 unspecified atom stereocenters. The molecule has 1 aliphatic rings. The maximum atomic E-state index is 12.4. The molecule has 1 aromatic carbocycles. The van der Waals surface area contributed by atoms with Crippen molar-refractivity contribution in [1.82, 2.24) is 10.2 Å². The van der Waals surface area contributed by atoms with Crippen molar-refractivity contribution in [3.63, 3.8) is 0 Å². The standard InChI is InChI=1S/C21H25BrN2O4/c1-15-3-6-20(28-15)18(24-9-11-27-12-10-24)14-23-21(25)8-4-16-13-17(22)5-7-19(16)26-2/h3-8,13,18H,9-12,14H2,1-2H3,(H,23,25)/b8-4+. The summed E-state index contributed by atoms with van der Waals surface area (Å²) in [7, 11) is 1.61. The van der Waals surface area contributed by atoms with Crippen molar-refractivity contribution in [2.75, 3.05) is 40.0 Å². The molecule has 1 N–H and O–H groups in total. The predicted molar refractivity (Wildman–Crippen MR) is 111 cm³/mol. The minimum absolute atomic E-state index is 0.0182. The molecule has 1 aliphatic heterocycles. The van der Waals surface area contributed by atoms with Crippen LogP contribution in [0.25, 0.3) is 6.08 Å². The summed E-state index contributed by atoms with van der Waals surface area (Å²) in [4.78, 5) is 14.7. The molecule has 1 saturated heterocycles. The number of hydrogen-bond acceptors (Lipinski definition) is 5. The SMILES string of the molecule is COc1ccc(Br)cc1/C=C/C(=O)NCC(c1ccc(C)o1)N1CCOCC1. The van der Waals surface area contributed by atoms with Gasteiger partial charge in [-0.1, -0.05) is 15.9 Å². The van der Waals surface area contributed by atoms with E-state index in [4.69, 9.17) is 13.9 Å². The first kappa shape index (κ1) is 20.6. The van der Waals surface area contributed by atoms with Gasteiger partial charge in [-0.3, -0.25) is 9.69 Å². The number of nitrogens with one attached hydrogen (secondary N) is 1. The molecule has 0 spiro atoms. The van der Waals surface area contributed by atoms with E-state index in [0.29, 0.717) is 25.5 Å². The minimum Gasteiger partial charge on any atom is -0.496 e. The number of hydrogen-bond donors (Lipinski definition) is 1. The van der Waals surface area contributed by atoms with Crippen LogP contribution >= 0.6 is 15.9 Å². The molecule has 0 aliphatic carbocycles. The monoisotopic (exact) mass is 448 g/mol. The molecule has 6 nitrogen and oxygen atoms in total. The fraction of sp³-hybridized carbons (Fsp3) is 0.381. The van der Waals surface area contributed by atoms with Crippen molar-refractivity contribution < 1.29 is 18.7 Å². The Hall–Kier alpha value is -2.09. The molecule has 2 aromatic rings. The number of methoxy groups -OCH3 is 1. The molecule has 1 atom stereocenters.